The molecule has 33 heavy (non-hydrogen) atoms. The van der Waals surface area contributed by atoms with Crippen LogP contribution < -0.4 is 0 Å². The quantitative estimate of drug-likeness (QED) is 0.473. The van der Waals surface area contributed by atoms with Crippen LogP contribution in [0.2, 0.25) is 0 Å². The number of rotatable bonds is 3. The first-order valence-electron chi connectivity index (χ1n) is 11.6. The number of hydrogen-bond donors (Lipinski definition) is 2. The van der Waals surface area contributed by atoms with E-state index in [1.54, 1.807) is 6.07 Å². The van der Waals surface area contributed by atoms with Crippen molar-refractivity contribution in [3.05, 3.63) is 106 Å². The van der Waals surface area contributed by atoms with Crippen molar-refractivity contribution in [2.24, 2.45) is 5.92 Å². The zero-order chi connectivity index (χ0) is 23.2. The topological polar surface area (TPSA) is 40.5 Å². The van der Waals surface area contributed by atoms with Crippen LogP contribution in [0.5, 0.6) is 5.75 Å². The van der Waals surface area contributed by atoms with Crippen LogP contribution in [-0.4, -0.2) is 10.2 Å². The van der Waals surface area contributed by atoms with Gasteiger partial charge >= 0.3 is 0 Å². The number of hydrogen-bond acceptors (Lipinski definition) is 2. The molecule has 0 saturated heterocycles. The lowest BCUT2D eigenvalue weighted by molar-refractivity contribution is -0.0135. The van der Waals surface area contributed by atoms with E-state index in [2.05, 4.69) is 6.92 Å². The summed E-state index contributed by atoms with van der Waals surface area (Å²) in [5.41, 5.74) is 1.54. The highest BCUT2D eigenvalue weighted by Gasteiger charge is 2.54. The maximum atomic E-state index is 15.0. The standard InChI is InChI=1S/C29H28F2O2/c1-2-28-17-22(15-19-7-4-3-5-8-19)29(33,27-25(30)9-6-10-26(27)31)18-21(28)12-11-20-16-23(32)13-14-24(20)28/h3-10,13-16,21,32-33H,2,11-12,17-18H2,1H3/b22-15-. The molecule has 3 atom stereocenters. The Morgan fingerprint density at radius 3 is 2.42 bits per heavy atom. The fourth-order valence-corrected chi connectivity index (χ4v) is 6.29. The van der Waals surface area contributed by atoms with Gasteiger partial charge in [-0.25, -0.2) is 8.78 Å². The maximum absolute atomic E-state index is 15.0. The average molecular weight is 447 g/mol. The first-order valence-corrected chi connectivity index (χ1v) is 11.6. The normalized spacial score (nSPS) is 27.8. The Labute approximate surface area is 193 Å². The van der Waals surface area contributed by atoms with E-state index < -0.39 is 17.2 Å². The van der Waals surface area contributed by atoms with Crippen molar-refractivity contribution in [2.75, 3.05) is 0 Å². The number of aromatic hydroxyl groups is 1. The van der Waals surface area contributed by atoms with E-state index in [4.69, 9.17) is 0 Å². The summed E-state index contributed by atoms with van der Waals surface area (Å²) in [4.78, 5) is 0. The number of fused-ring (bicyclic) bond motifs is 3. The van der Waals surface area contributed by atoms with E-state index in [0.717, 1.165) is 30.4 Å². The third-order valence-electron chi connectivity index (χ3n) is 7.90. The van der Waals surface area contributed by atoms with Crippen LogP contribution in [0.15, 0.2) is 72.3 Å². The van der Waals surface area contributed by atoms with Gasteiger partial charge in [-0.05, 0) is 84.6 Å². The minimum atomic E-state index is -1.73. The Morgan fingerprint density at radius 2 is 1.73 bits per heavy atom. The van der Waals surface area contributed by atoms with Crippen molar-refractivity contribution in [1.82, 2.24) is 0 Å². The second-order valence-corrected chi connectivity index (χ2v) is 9.50. The zero-order valence-corrected chi connectivity index (χ0v) is 18.7. The van der Waals surface area contributed by atoms with Crippen molar-refractivity contribution in [3.63, 3.8) is 0 Å². The van der Waals surface area contributed by atoms with Crippen molar-refractivity contribution in [2.45, 2.75) is 50.0 Å². The van der Waals surface area contributed by atoms with E-state index >= 15 is 8.78 Å². The van der Waals surface area contributed by atoms with Crippen LogP contribution in [0.1, 0.15) is 54.9 Å². The molecule has 170 valence electrons. The van der Waals surface area contributed by atoms with Gasteiger partial charge in [0.1, 0.15) is 23.0 Å². The first-order chi connectivity index (χ1) is 15.9. The van der Waals surface area contributed by atoms with Crippen LogP contribution in [-0.2, 0) is 17.4 Å². The second-order valence-electron chi connectivity index (χ2n) is 9.50. The molecule has 1 saturated carbocycles. The summed E-state index contributed by atoms with van der Waals surface area (Å²) < 4.78 is 30.0. The van der Waals surface area contributed by atoms with E-state index in [1.807, 2.05) is 48.5 Å². The molecule has 0 bridgehead atoms. The van der Waals surface area contributed by atoms with Gasteiger partial charge in [0.25, 0.3) is 0 Å². The fraction of sp³-hybridized carbons (Fsp3) is 0.310. The molecule has 0 radical (unpaired) electrons. The lowest BCUT2D eigenvalue weighted by Crippen LogP contribution is -2.50. The summed E-state index contributed by atoms with van der Waals surface area (Å²) in [6, 6.07) is 18.9. The molecular weight excluding hydrogens is 418 g/mol. The zero-order valence-electron chi connectivity index (χ0n) is 18.7. The van der Waals surface area contributed by atoms with Gasteiger partial charge in [0.05, 0.1) is 5.56 Å². The van der Waals surface area contributed by atoms with Crippen LogP contribution in [0, 0.1) is 17.6 Å². The Balaban J connectivity index is 1.72. The molecule has 0 aliphatic heterocycles. The van der Waals surface area contributed by atoms with Gasteiger partial charge in [0.15, 0.2) is 0 Å². The second kappa shape index (κ2) is 8.11. The average Bonchev–Trinajstić information content (AvgIpc) is 2.80. The molecular formula is C29H28F2O2. The molecule has 2 aliphatic rings. The fourth-order valence-electron chi connectivity index (χ4n) is 6.29. The number of benzene rings is 3. The molecule has 0 aromatic heterocycles. The van der Waals surface area contributed by atoms with Crippen LogP contribution in [0.25, 0.3) is 6.08 Å². The SMILES string of the molecule is CCC12C/C(=C/c3ccccc3)C(O)(c3c(F)cccc3F)CC1CCc1cc(O)ccc12. The summed E-state index contributed by atoms with van der Waals surface area (Å²) in [6.45, 7) is 2.14. The Bertz CT molecular complexity index is 1200. The highest BCUT2D eigenvalue weighted by Crippen LogP contribution is 2.59. The van der Waals surface area contributed by atoms with Crippen LogP contribution >= 0.6 is 0 Å². The Hall–Kier alpha value is -2.98. The summed E-state index contributed by atoms with van der Waals surface area (Å²) >= 11 is 0. The predicted octanol–water partition coefficient (Wildman–Crippen LogP) is 6.65. The van der Waals surface area contributed by atoms with Crippen molar-refractivity contribution in [3.8, 4) is 5.75 Å². The van der Waals surface area contributed by atoms with Gasteiger partial charge in [0.2, 0.25) is 0 Å². The van der Waals surface area contributed by atoms with Crippen molar-refractivity contribution < 1.29 is 19.0 Å². The molecule has 1 fully saturated rings. The summed E-state index contributed by atoms with van der Waals surface area (Å²) in [5.74, 6) is -1.14. The third kappa shape index (κ3) is 3.48. The lowest BCUT2D eigenvalue weighted by atomic mass is 9.51. The van der Waals surface area contributed by atoms with Crippen molar-refractivity contribution >= 4 is 6.08 Å². The molecule has 3 aromatic carbocycles. The number of aliphatic hydroxyl groups is 1. The molecule has 2 nitrogen and oxygen atoms in total. The van der Waals surface area contributed by atoms with Crippen LogP contribution in [0.4, 0.5) is 8.78 Å². The number of halogens is 2. The van der Waals surface area contributed by atoms with E-state index in [-0.39, 0.29) is 29.1 Å². The van der Waals surface area contributed by atoms with E-state index in [9.17, 15) is 10.2 Å². The number of phenolic OH excluding ortho intramolecular Hbond substituents is 1. The summed E-state index contributed by atoms with van der Waals surface area (Å²) in [7, 11) is 0. The predicted molar refractivity (Wildman–Crippen MR) is 126 cm³/mol. The highest BCUT2D eigenvalue weighted by molar-refractivity contribution is 5.59. The maximum Gasteiger partial charge on any atom is 0.132 e. The van der Waals surface area contributed by atoms with E-state index in [0.29, 0.717) is 12.0 Å². The van der Waals surface area contributed by atoms with Crippen molar-refractivity contribution in [1.29, 1.82) is 0 Å². The molecule has 0 heterocycles. The first kappa shape index (κ1) is 21.8. The monoisotopic (exact) mass is 446 g/mol. The lowest BCUT2D eigenvalue weighted by Gasteiger charge is -2.54. The van der Waals surface area contributed by atoms with Gasteiger partial charge in [-0.15, -0.1) is 0 Å². The highest BCUT2D eigenvalue weighted by atomic mass is 19.1. The Morgan fingerprint density at radius 1 is 1.00 bits per heavy atom. The van der Waals surface area contributed by atoms with Gasteiger partial charge < -0.3 is 10.2 Å². The van der Waals surface area contributed by atoms with E-state index in [1.165, 1.54) is 23.8 Å². The molecule has 3 unspecified atom stereocenters. The summed E-state index contributed by atoms with van der Waals surface area (Å²) in [5, 5.41) is 22.1. The smallest absolute Gasteiger partial charge is 0.132 e. The van der Waals surface area contributed by atoms with Gasteiger partial charge in [0, 0.05) is 5.41 Å². The molecule has 0 amide bonds. The largest absolute Gasteiger partial charge is 0.508 e. The molecule has 3 aromatic rings. The van der Waals surface area contributed by atoms with Gasteiger partial charge in [-0.3, -0.25) is 0 Å². The molecule has 4 heteroatoms. The van der Waals surface area contributed by atoms with Gasteiger partial charge in [-0.2, -0.15) is 0 Å². The number of aryl methyl sites for hydroxylation is 1. The molecule has 0 spiro atoms. The summed E-state index contributed by atoms with van der Waals surface area (Å²) in [6.07, 6.45) is 5.03. The van der Waals surface area contributed by atoms with Gasteiger partial charge in [-0.1, -0.05) is 55.5 Å². The molecule has 2 aliphatic carbocycles. The number of phenols is 1. The Kier molecular flexibility index (Phi) is 5.37. The molecule has 2 N–H and O–H groups in total. The molecule has 5 rings (SSSR count). The minimum absolute atomic E-state index is 0.0523. The third-order valence-corrected chi connectivity index (χ3v) is 7.90. The van der Waals surface area contributed by atoms with Crippen LogP contribution in [0.3, 0.4) is 0 Å². The minimum Gasteiger partial charge on any atom is -0.508 e.